The van der Waals surface area contributed by atoms with Crippen molar-refractivity contribution in [1.82, 2.24) is 0 Å². The van der Waals surface area contributed by atoms with E-state index in [1.54, 1.807) is 6.07 Å². The maximum Gasteiger partial charge on any atom is 0.304 e. The van der Waals surface area contributed by atoms with Crippen molar-refractivity contribution in [3.05, 3.63) is 39.7 Å². The molecule has 0 radical (unpaired) electrons. The number of nitrogens with zero attached hydrogens (tertiary/aromatic N) is 1. The Morgan fingerprint density at radius 2 is 2.24 bits per heavy atom. The molecule has 0 spiro atoms. The average molecular weight is 238 g/mol. The van der Waals surface area contributed by atoms with Crippen LogP contribution in [0.15, 0.2) is 18.2 Å². The van der Waals surface area contributed by atoms with Gasteiger partial charge in [-0.3, -0.25) is 10.1 Å². The summed E-state index contributed by atoms with van der Waals surface area (Å²) in [4.78, 5) is 9.73. The smallest absolute Gasteiger partial charge is 0.304 e. The van der Waals surface area contributed by atoms with Crippen LogP contribution in [-0.4, -0.2) is 11.0 Å². The molecule has 1 aliphatic carbocycles. The summed E-state index contributed by atoms with van der Waals surface area (Å²) in [5.41, 5.74) is 6.24. The summed E-state index contributed by atoms with van der Waals surface area (Å²) in [5, 5.41) is 10.4. The highest BCUT2D eigenvalue weighted by molar-refractivity contribution is 5.35. The molecule has 1 saturated carbocycles. The molecule has 1 aliphatic rings. The lowest BCUT2D eigenvalue weighted by atomic mass is 10.0. The number of nitrogens with two attached hydrogens (primary N) is 1. The molecular formula is C12H15FN2O2. The molecule has 1 aromatic carbocycles. The van der Waals surface area contributed by atoms with Crippen LogP contribution in [0, 0.1) is 21.8 Å². The van der Waals surface area contributed by atoms with Crippen molar-refractivity contribution in [2.24, 2.45) is 11.7 Å². The molecule has 1 atom stereocenters. The van der Waals surface area contributed by atoms with Gasteiger partial charge >= 0.3 is 5.69 Å². The van der Waals surface area contributed by atoms with E-state index >= 15 is 0 Å². The normalized spacial score (nSPS) is 16.8. The molecule has 2 rings (SSSR count). The molecule has 0 amide bonds. The first-order valence-corrected chi connectivity index (χ1v) is 5.76. The standard InChI is InChI=1S/C12H15FN2O2/c13-10-7-8(2-6-12(10)15(16)17)1-5-11(14)9-3-4-9/h2,6-7,9,11H,1,3-5,14H2. The number of hydrogen-bond acceptors (Lipinski definition) is 3. The van der Waals surface area contributed by atoms with Gasteiger partial charge in [-0.1, -0.05) is 6.07 Å². The van der Waals surface area contributed by atoms with Crippen LogP contribution in [0.25, 0.3) is 0 Å². The van der Waals surface area contributed by atoms with Crippen molar-refractivity contribution in [1.29, 1.82) is 0 Å². The summed E-state index contributed by atoms with van der Waals surface area (Å²) < 4.78 is 13.3. The molecule has 5 heteroatoms. The molecular weight excluding hydrogens is 223 g/mol. The van der Waals surface area contributed by atoms with E-state index in [2.05, 4.69) is 0 Å². The van der Waals surface area contributed by atoms with Gasteiger partial charge in [0.15, 0.2) is 0 Å². The van der Waals surface area contributed by atoms with Crippen molar-refractivity contribution in [2.45, 2.75) is 31.7 Å². The lowest BCUT2D eigenvalue weighted by Crippen LogP contribution is -2.22. The third-order valence-electron chi connectivity index (χ3n) is 3.20. The molecule has 0 aromatic heterocycles. The Hall–Kier alpha value is -1.49. The van der Waals surface area contributed by atoms with Crippen LogP contribution < -0.4 is 5.73 Å². The van der Waals surface area contributed by atoms with Crippen molar-refractivity contribution >= 4 is 5.69 Å². The molecule has 0 heterocycles. The van der Waals surface area contributed by atoms with Gasteiger partial charge in [0.1, 0.15) is 0 Å². The summed E-state index contributed by atoms with van der Waals surface area (Å²) >= 11 is 0. The summed E-state index contributed by atoms with van der Waals surface area (Å²) in [7, 11) is 0. The number of nitro benzene ring substituents is 1. The van der Waals surface area contributed by atoms with Gasteiger partial charge in [-0.2, -0.15) is 4.39 Å². The third kappa shape index (κ3) is 3.00. The number of nitro groups is 1. The van der Waals surface area contributed by atoms with Crippen LogP contribution in [0.2, 0.25) is 0 Å². The van der Waals surface area contributed by atoms with E-state index in [9.17, 15) is 14.5 Å². The monoisotopic (exact) mass is 238 g/mol. The number of hydrogen-bond donors (Lipinski definition) is 1. The molecule has 17 heavy (non-hydrogen) atoms. The molecule has 1 aromatic rings. The van der Waals surface area contributed by atoms with E-state index in [4.69, 9.17) is 5.73 Å². The van der Waals surface area contributed by atoms with Crippen LogP contribution in [0.1, 0.15) is 24.8 Å². The van der Waals surface area contributed by atoms with E-state index in [1.165, 1.54) is 25.0 Å². The van der Waals surface area contributed by atoms with E-state index in [1.807, 2.05) is 0 Å². The zero-order chi connectivity index (χ0) is 12.4. The third-order valence-corrected chi connectivity index (χ3v) is 3.20. The molecule has 92 valence electrons. The quantitative estimate of drug-likeness (QED) is 0.632. The first-order valence-electron chi connectivity index (χ1n) is 5.76. The minimum atomic E-state index is -0.771. The highest BCUT2D eigenvalue weighted by Crippen LogP contribution is 2.33. The molecule has 0 aliphatic heterocycles. The van der Waals surface area contributed by atoms with E-state index in [0.717, 1.165) is 12.0 Å². The highest BCUT2D eigenvalue weighted by Gasteiger charge is 2.28. The predicted octanol–water partition coefficient (Wildman–Crippen LogP) is 2.40. The van der Waals surface area contributed by atoms with E-state index < -0.39 is 16.4 Å². The highest BCUT2D eigenvalue weighted by atomic mass is 19.1. The van der Waals surface area contributed by atoms with Gasteiger partial charge in [0.25, 0.3) is 0 Å². The minimum absolute atomic E-state index is 0.174. The van der Waals surface area contributed by atoms with Crippen LogP contribution in [-0.2, 0) is 6.42 Å². The van der Waals surface area contributed by atoms with Crippen molar-refractivity contribution in [3.63, 3.8) is 0 Å². The largest absolute Gasteiger partial charge is 0.327 e. The SMILES string of the molecule is NC(CCc1ccc([N+](=O)[O-])c(F)c1)C1CC1. The fourth-order valence-corrected chi connectivity index (χ4v) is 1.95. The summed E-state index contributed by atoms with van der Waals surface area (Å²) in [6, 6.07) is 4.22. The molecule has 1 fully saturated rings. The molecule has 1 unspecified atom stereocenters. The van der Waals surface area contributed by atoms with Crippen molar-refractivity contribution in [3.8, 4) is 0 Å². The van der Waals surface area contributed by atoms with E-state index in [0.29, 0.717) is 12.3 Å². The van der Waals surface area contributed by atoms with Gasteiger partial charge < -0.3 is 5.73 Å². The molecule has 2 N–H and O–H groups in total. The van der Waals surface area contributed by atoms with Crippen molar-refractivity contribution < 1.29 is 9.31 Å². The van der Waals surface area contributed by atoms with Crippen LogP contribution in [0.4, 0.5) is 10.1 Å². The number of rotatable bonds is 5. The summed E-state index contributed by atoms with van der Waals surface area (Å²) in [6.07, 6.45) is 3.86. The average Bonchev–Trinajstić information content (AvgIpc) is 3.09. The van der Waals surface area contributed by atoms with Gasteiger partial charge in [-0.15, -0.1) is 0 Å². The van der Waals surface area contributed by atoms with Gasteiger partial charge in [0.2, 0.25) is 5.82 Å². The van der Waals surface area contributed by atoms with Crippen LogP contribution >= 0.6 is 0 Å². The van der Waals surface area contributed by atoms with E-state index in [-0.39, 0.29) is 6.04 Å². The van der Waals surface area contributed by atoms with Gasteiger partial charge in [-0.05, 0) is 43.2 Å². The maximum absolute atomic E-state index is 13.3. The summed E-state index contributed by atoms with van der Waals surface area (Å²) in [5.74, 6) is -0.148. The zero-order valence-corrected chi connectivity index (χ0v) is 9.43. The van der Waals surface area contributed by atoms with Gasteiger partial charge in [0.05, 0.1) is 4.92 Å². The number of halogens is 1. The summed E-state index contributed by atoms with van der Waals surface area (Å²) in [6.45, 7) is 0. The Kier molecular flexibility index (Phi) is 3.38. The predicted molar refractivity (Wildman–Crippen MR) is 62.1 cm³/mol. The fourth-order valence-electron chi connectivity index (χ4n) is 1.95. The Morgan fingerprint density at radius 1 is 1.53 bits per heavy atom. The second-order valence-electron chi connectivity index (χ2n) is 4.58. The lowest BCUT2D eigenvalue weighted by molar-refractivity contribution is -0.387. The lowest BCUT2D eigenvalue weighted by Gasteiger charge is -2.09. The number of aryl methyl sites for hydroxylation is 1. The first kappa shape index (κ1) is 12.0. The molecule has 0 saturated heterocycles. The topological polar surface area (TPSA) is 69.2 Å². The molecule has 0 bridgehead atoms. The Balaban J connectivity index is 1.97. The van der Waals surface area contributed by atoms with Crippen LogP contribution in [0.5, 0.6) is 0 Å². The van der Waals surface area contributed by atoms with Gasteiger partial charge in [0, 0.05) is 12.1 Å². The Labute approximate surface area is 98.8 Å². The Morgan fingerprint density at radius 3 is 2.76 bits per heavy atom. The maximum atomic E-state index is 13.3. The zero-order valence-electron chi connectivity index (χ0n) is 9.43. The number of benzene rings is 1. The first-order chi connectivity index (χ1) is 8.08. The van der Waals surface area contributed by atoms with Gasteiger partial charge in [-0.25, -0.2) is 0 Å². The fraction of sp³-hybridized carbons (Fsp3) is 0.500. The second kappa shape index (κ2) is 4.79. The Bertz CT molecular complexity index is 433. The minimum Gasteiger partial charge on any atom is -0.327 e. The van der Waals surface area contributed by atoms with Crippen LogP contribution in [0.3, 0.4) is 0 Å². The molecule has 4 nitrogen and oxygen atoms in total. The van der Waals surface area contributed by atoms with Crippen molar-refractivity contribution in [2.75, 3.05) is 0 Å². The second-order valence-corrected chi connectivity index (χ2v) is 4.58.